The number of amides is 2. The van der Waals surface area contributed by atoms with Crippen LogP contribution in [-0.4, -0.2) is 41.3 Å². The van der Waals surface area contributed by atoms with Gasteiger partial charge in [0, 0.05) is 24.6 Å². The molecule has 236 valence electrons. The van der Waals surface area contributed by atoms with Crippen molar-refractivity contribution < 1.29 is 19.1 Å². The van der Waals surface area contributed by atoms with Crippen molar-refractivity contribution in [2.45, 2.75) is 123 Å². The zero-order valence-corrected chi connectivity index (χ0v) is 26.8. The minimum absolute atomic E-state index is 0.121. The zero-order valence-electron chi connectivity index (χ0n) is 26.8. The van der Waals surface area contributed by atoms with E-state index in [0.717, 1.165) is 49.3 Å². The smallest absolute Gasteiger partial charge is 0.229 e. The Morgan fingerprint density at radius 3 is 2.56 bits per heavy atom. The second kappa shape index (κ2) is 11.1. The number of rotatable bonds is 5. The molecule has 12 atom stereocenters. The molecule has 2 saturated heterocycles. The van der Waals surface area contributed by atoms with Crippen molar-refractivity contribution >= 4 is 11.8 Å². The lowest BCUT2D eigenvalue weighted by Gasteiger charge is -2.61. The third-order valence-corrected chi connectivity index (χ3v) is 13.8. The summed E-state index contributed by atoms with van der Waals surface area (Å²) in [7, 11) is 0. The Labute approximate surface area is 258 Å². The van der Waals surface area contributed by atoms with Gasteiger partial charge in [-0.05, 0) is 116 Å². The Balaban J connectivity index is 0.952. The van der Waals surface area contributed by atoms with Crippen molar-refractivity contribution in [3.8, 4) is 0 Å². The summed E-state index contributed by atoms with van der Waals surface area (Å²) in [5, 5.41) is 6.06. The van der Waals surface area contributed by atoms with Gasteiger partial charge in [-0.3, -0.25) is 14.6 Å². The van der Waals surface area contributed by atoms with Crippen molar-refractivity contribution in [1.29, 1.82) is 0 Å². The molecule has 1 aromatic rings. The molecule has 4 aliphatic carbocycles. The van der Waals surface area contributed by atoms with Crippen LogP contribution in [0.15, 0.2) is 24.4 Å². The maximum atomic E-state index is 12.8. The summed E-state index contributed by atoms with van der Waals surface area (Å²) in [6, 6.07) is 5.79. The van der Waals surface area contributed by atoms with Crippen LogP contribution in [0.3, 0.4) is 0 Å². The number of hydrogen-bond donors (Lipinski definition) is 2. The van der Waals surface area contributed by atoms with Gasteiger partial charge in [0.2, 0.25) is 11.8 Å². The second-order valence-corrected chi connectivity index (χ2v) is 16.0. The van der Waals surface area contributed by atoms with Crippen molar-refractivity contribution in [2.24, 2.45) is 52.3 Å². The Morgan fingerprint density at radius 1 is 0.953 bits per heavy atom. The van der Waals surface area contributed by atoms with Crippen LogP contribution in [0.5, 0.6) is 0 Å². The fourth-order valence-electron chi connectivity index (χ4n) is 11.6. The summed E-state index contributed by atoms with van der Waals surface area (Å²) < 4.78 is 13.5. The van der Waals surface area contributed by atoms with E-state index in [0.29, 0.717) is 47.2 Å². The van der Waals surface area contributed by atoms with Crippen LogP contribution < -0.4 is 10.6 Å². The number of nitrogens with one attached hydrogen (secondary N) is 2. The lowest BCUT2D eigenvalue weighted by Crippen LogP contribution is -2.56. The van der Waals surface area contributed by atoms with Gasteiger partial charge in [-0.1, -0.05) is 33.8 Å². The van der Waals surface area contributed by atoms with Crippen molar-refractivity contribution in [3.63, 3.8) is 0 Å². The minimum Gasteiger partial charge on any atom is -0.353 e. The molecule has 43 heavy (non-hydrogen) atoms. The molecule has 3 heterocycles. The molecule has 7 rings (SSSR count). The zero-order chi connectivity index (χ0) is 30.0. The summed E-state index contributed by atoms with van der Waals surface area (Å²) in [4.78, 5) is 29.4. The molecular formula is C36H53N3O4. The van der Waals surface area contributed by atoms with E-state index in [4.69, 9.17) is 9.47 Å². The molecule has 1 spiro atoms. The summed E-state index contributed by atoms with van der Waals surface area (Å²) in [6.07, 6.45) is 13.9. The van der Waals surface area contributed by atoms with Gasteiger partial charge in [0.15, 0.2) is 5.79 Å². The molecule has 1 unspecified atom stereocenters. The first-order valence-electron chi connectivity index (χ1n) is 17.4. The maximum Gasteiger partial charge on any atom is 0.229 e. The van der Waals surface area contributed by atoms with Crippen LogP contribution in [0.2, 0.25) is 0 Å². The van der Waals surface area contributed by atoms with Gasteiger partial charge in [0.25, 0.3) is 0 Å². The number of carbonyl (C=O) groups is 2. The normalized spacial score (nSPS) is 46.7. The Morgan fingerprint density at radius 2 is 1.79 bits per heavy atom. The highest BCUT2D eigenvalue weighted by Crippen LogP contribution is 2.71. The average Bonchev–Trinajstić information content (AvgIpc) is 3.44. The van der Waals surface area contributed by atoms with E-state index in [1.165, 1.54) is 44.9 Å². The number of ether oxygens (including phenoxy) is 2. The molecular weight excluding hydrogens is 538 g/mol. The summed E-state index contributed by atoms with van der Waals surface area (Å²) in [5.74, 6) is 3.95. The molecule has 0 radical (unpaired) electrons. The van der Waals surface area contributed by atoms with Crippen LogP contribution in [0.25, 0.3) is 0 Å². The number of aromatic nitrogens is 1. The minimum atomic E-state index is -0.334. The molecule has 4 saturated carbocycles. The maximum absolute atomic E-state index is 12.8. The Kier molecular flexibility index (Phi) is 7.68. The van der Waals surface area contributed by atoms with E-state index in [9.17, 15) is 9.59 Å². The van der Waals surface area contributed by atoms with Crippen LogP contribution in [0.1, 0.15) is 104 Å². The molecule has 2 N–H and O–H groups in total. The molecule has 0 bridgehead atoms. The average molecular weight is 592 g/mol. The number of fused-ring (bicyclic) bond motifs is 7. The first kappa shape index (κ1) is 29.7. The molecule has 0 aromatic carbocycles. The van der Waals surface area contributed by atoms with Crippen LogP contribution >= 0.6 is 0 Å². The summed E-state index contributed by atoms with van der Waals surface area (Å²) in [5.41, 5.74) is 1.49. The topological polar surface area (TPSA) is 89.5 Å². The predicted molar refractivity (Wildman–Crippen MR) is 164 cm³/mol. The van der Waals surface area contributed by atoms with Gasteiger partial charge >= 0.3 is 0 Å². The first-order chi connectivity index (χ1) is 20.6. The lowest BCUT2D eigenvalue weighted by molar-refractivity contribution is -0.273. The van der Waals surface area contributed by atoms with E-state index in [1.54, 1.807) is 6.20 Å². The predicted octanol–water partition coefficient (Wildman–Crippen LogP) is 6.02. The van der Waals surface area contributed by atoms with E-state index >= 15 is 0 Å². The van der Waals surface area contributed by atoms with Gasteiger partial charge in [0.1, 0.15) is 6.42 Å². The van der Waals surface area contributed by atoms with E-state index < -0.39 is 0 Å². The van der Waals surface area contributed by atoms with Crippen LogP contribution in [0, 0.1) is 52.3 Å². The lowest BCUT2D eigenvalue weighted by atomic mass is 9.44. The van der Waals surface area contributed by atoms with Crippen molar-refractivity contribution in [2.75, 3.05) is 6.61 Å². The SMILES string of the molecule is C[C@H]1CC[C@@]2(OC1)O[C@H]1C[C@H]3[C@@H]4CC[C@@H]5CC(NC(=O)CC(=O)NCc6ccccn6)CC[C@]5(C)[C@H]4CC[C@]3(C)[C@H]1[C@@H]2C. The number of hydrogen-bond acceptors (Lipinski definition) is 5. The highest BCUT2D eigenvalue weighted by atomic mass is 16.7. The van der Waals surface area contributed by atoms with Crippen LogP contribution in [0.4, 0.5) is 0 Å². The molecule has 7 heteroatoms. The van der Waals surface area contributed by atoms with E-state index in [-0.39, 0.29) is 30.1 Å². The molecule has 1 aromatic heterocycles. The Hall–Kier alpha value is -1.99. The molecule has 2 amide bonds. The summed E-state index contributed by atoms with van der Waals surface area (Å²) >= 11 is 0. The highest BCUT2D eigenvalue weighted by molar-refractivity contribution is 5.96. The van der Waals surface area contributed by atoms with Crippen molar-refractivity contribution in [1.82, 2.24) is 15.6 Å². The monoisotopic (exact) mass is 591 g/mol. The standard InChI is InChI=1S/C36H53N3O4/c1-22-10-15-36(42-21-22)23(2)33-30(43-36)18-29-27-9-8-24-17-25(11-13-34(24,3)28(27)12-14-35(29,33)4)39-32(41)19-31(40)38-20-26-7-5-6-16-37-26/h5-7,16,22-25,27-30,33H,8-15,17-21H2,1-4H3,(H,38,40)(H,39,41)/t22-,23-,24+,25?,27+,28-,29-,30-,33-,34-,35-,36+/m0/s1. The first-order valence-corrected chi connectivity index (χ1v) is 17.4. The van der Waals surface area contributed by atoms with Gasteiger partial charge in [-0.25, -0.2) is 0 Å². The fourth-order valence-corrected chi connectivity index (χ4v) is 11.6. The largest absolute Gasteiger partial charge is 0.353 e. The van der Waals surface area contributed by atoms with Gasteiger partial charge in [0.05, 0.1) is 24.9 Å². The number of nitrogens with zero attached hydrogens (tertiary/aromatic N) is 1. The quantitative estimate of drug-likeness (QED) is 0.409. The number of pyridine rings is 1. The van der Waals surface area contributed by atoms with Gasteiger partial charge in [-0.15, -0.1) is 0 Å². The van der Waals surface area contributed by atoms with Gasteiger partial charge in [-0.2, -0.15) is 0 Å². The molecule has 6 aliphatic rings. The number of carbonyl (C=O) groups excluding carboxylic acids is 2. The van der Waals surface area contributed by atoms with E-state index in [2.05, 4.69) is 43.3 Å². The third-order valence-electron chi connectivity index (χ3n) is 13.8. The fraction of sp³-hybridized carbons (Fsp3) is 0.806. The highest BCUT2D eigenvalue weighted by Gasteiger charge is 2.69. The van der Waals surface area contributed by atoms with Gasteiger partial charge < -0.3 is 20.1 Å². The molecule has 6 fully saturated rings. The third kappa shape index (κ3) is 5.05. The van der Waals surface area contributed by atoms with Crippen molar-refractivity contribution in [3.05, 3.63) is 30.1 Å². The molecule has 7 nitrogen and oxygen atoms in total. The van der Waals surface area contributed by atoms with E-state index in [1.807, 2.05) is 18.2 Å². The summed E-state index contributed by atoms with van der Waals surface area (Å²) in [6.45, 7) is 11.1. The molecule has 2 aliphatic heterocycles. The second-order valence-electron chi connectivity index (χ2n) is 16.0. The van der Waals surface area contributed by atoms with Crippen LogP contribution in [-0.2, 0) is 25.6 Å². The Bertz CT molecular complexity index is 1200.